The van der Waals surface area contributed by atoms with Crippen LogP contribution >= 0.6 is 0 Å². The molecule has 0 amide bonds. The lowest BCUT2D eigenvalue weighted by Gasteiger charge is -2.24. The third kappa shape index (κ3) is 4.66. The first-order chi connectivity index (χ1) is 11.8. The smallest absolute Gasteiger partial charge is 0.161 e. The van der Waals surface area contributed by atoms with E-state index in [0.717, 1.165) is 36.5 Å². The summed E-state index contributed by atoms with van der Waals surface area (Å²) in [5.41, 5.74) is 1.07. The molecule has 1 unspecified atom stereocenters. The highest BCUT2D eigenvalue weighted by Gasteiger charge is 2.20. The molecule has 1 atom stereocenters. The summed E-state index contributed by atoms with van der Waals surface area (Å²) in [6.45, 7) is 5.02. The number of rotatable bonds is 7. The van der Waals surface area contributed by atoms with Gasteiger partial charge in [0, 0.05) is 0 Å². The molecule has 2 aliphatic carbocycles. The van der Waals surface area contributed by atoms with Crippen LogP contribution in [0.3, 0.4) is 0 Å². The first-order valence-electron chi connectivity index (χ1n) is 9.55. The SMILES string of the molecule is [CH2]C(OCC1CCCCC1)c1ccc(OC)c(OC2CCCC2)c1. The standard InChI is InChI=1S/C21H31O3/c1-16(23-15-17-8-4-3-5-9-17)18-12-13-20(22-2)21(14-18)24-19-10-6-7-11-19/h12-14,16-17,19H,1,3-11,15H2,2H3. The van der Waals surface area contributed by atoms with E-state index in [4.69, 9.17) is 14.2 Å². The van der Waals surface area contributed by atoms with E-state index in [1.807, 2.05) is 12.1 Å². The van der Waals surface area contributed by atoms with E-state index in [-0.39, 0.29) is 6.10 Å². The monoisotopic (exact) mass is 331 g/mol. The van der Waals surface area contributed by atoms with Crippen LogP contribution in [0.4, 0.5) is 0 Å². The van der Waals surface area contributed by atoms with E-state index in [1.165, 1.54) is 44.9 Å². The maximum absolute atomic E-state index is 6.17. The molecule has 3 nitrogen and oxygen atoms in total. The second-order valence-corrected chi connectivity index (χ2v) is 7.26. The van der Waals surface area contributed by atoms with Crippen molar-refractivity contribution in [3.63, 3.8) is 0 Å². The number of methoxy groups -OCH3 is 1. The van der Waals surface area contributed by atoms with E-state index in [1.54, 1.807) is 7.11 Å². The average Bonchev–Trinajstić information content (AvgIpc) is 3.13. The zero-order chi connectivity index (χ0) is 16.8. The van der Waals surface area contributed by atoms with Gasteiger partial charge in [-0.25, -0.2) is 0 Å². The maximum atomic E-state index is 6.17. The normalized spacial score (nSPS) is 20.9. The van der Waals surface area contributed by atoms with Crippen LogP contribution in [0.15, 0.2) is 18.2 Å². The Kier molecular flexibility index (Phi) is 6.42. The van der Waals surface area contributed by atoms with Crippen molar-refractivity contribution in [3.05, 3.63) is 30.7 Å². The third-order valence-electron chi connectivity index (χ3n) is 5.41. The van der Waals surface area contributed by atoms with Crippen molar-refractivity contribution in [3.8, 4) is 11.5 Å². The Hall–Kier alpha value is -1.22. The van der Waals surface area contributed by atoms with Gasteiger partial charge in [0.05, 0.1) is 25.9 Å². The van der Waals surface area contributed by atoms with Crippen LogP contribution < -0.4 is 9.47 Å². The molecule has 133 valence electrons. The summed E-state index contributed by atoms with van der Waals surface area (Å²) in [6.07, 6.45) is 11.6. The van der Waals surface area contributed by atoms with Crippen molar-refractivity contribution in [2.75, 3.05) is 13.7 Å². The summed E-state index contributed by atoms with van der Waals surface area (Å²) in [7, 11) is 1.69. The summed E-state index contributed by atoms with van der Waals surface area (Å²) >= 11 is 0. The summed E-state index contributed by atoms with van der Waals surface area (Å²) in [5, 5.41) is 0. The fraction of sp³-hybridized carbons (Fsp3) is 0.667. The predicted molar refractivity (Wildman–Crippen MR) is 96.5 cm³/mol. The van der Waals surface area contributed by atoms with E-state index in [2.05, 4.69) is 13.0 Å². The van der Waals surface area contributed by atoms with E-state index in [9.17, 15) is 0 Å². The first-order valence-corrected chi connectivity index (χ1v) is 9.55. The summed E-state index contributed by atoms with van der Waals surface area (Å²) in [6, 6.07) is 6.07. The first kappa shape index (κ1) is 17.6. The molecule has 0 aromatic heterocycles. The molecule has 1 aromatic carbocycles. The molecule has 0 spiro atoms. The van der Waals surface area contributed by atoms with Gasteiger partial charge in [-0.1, -0.05) is 25.3 Å². The number of ether oxygens (including phenoxy) is 3. The molecule has 1 radical (unpaired) electrons. The second-order valence-electron chi connectivity index (χ2n) is 7.26. The van der Waals surface area contributed by atoms with Crippen LogP contribution in [-0.4, -0.2) is 19.8 Å². The highest BCUT2D eigenvalue weighted by atomic mass is 16.5. The minimum atomic E-state index is -0.149. The molecule has 2 fully saturated rings. The minimum Gasteiger partial charge on any atom is -0.493 e. The van der Waals surface area contributed by atoms with Gasteiger partial charge >= 0.3 is 0 Å². The largest absolute Gasteiger partial charge is 0.493 e. The van der Waals surface area contributed by atoms with E-state index >= 15 is 0 Å². The molecule has 2 saturated carbocycles. The molecular weight excluding hydrogens is 300 g/mol. The predicted octanol–water partition coefficient (Wildman–Crippen LogP) is 5.49. The number of hydrogen-bond acceptors (Lipinski definition) is 3. The quantitative estimate of drug-likeness (QED) is 0.661. The third-order valence-corrected chi connectivity index (χ3v) is 5.41. The van der Waals surface area contributed by atoms with Gasteiger partial charge in [0.2, 0.25) is 0 Å². The van der Waals surface area contributed by atoms with Crippen LogP contribution in [0.2, 0.25) is 0 Å². The molecule has 2 aliphatic rings. The lowest BCUT2D eigenvalue weighted by molar-refractivity contribution is 0.0442. The van der Waals surface area contributed by atoms with Crippen molar-refractivity contribution < 1.29 is 14.2 Å². The van der Waals surface area contributed by atoms with Gasteiger partial charge in [-0.3, -0.25) is 0 Å². The molecule has 3 rings (SSSR count). The molecule has 1 aromatic rings. The molecule has 0 heterocycles. The van der Waals surface area contributed by atoms with Gasteiger partial charge in [0.15, 0.2) is 11.5 Å². The van der Waals surface area contributed by atoms with Crippen LogP contribution in [0.5, 0.6) is 11.5 Å². The van der Waals surface area contributed by atoms with E-state index < -0.39 is 0 Å². The van der Waals surface area contributed by atoms with Gasteiger partial charge in [-0.05, 0) is 69.1 Å². The molecular formula is C21H31O3. The van der Waals surface area contributed by atoms with Crippen molar-refractivity contribution in [2.45, 2.75) is 70.0 Å². The maximum Gasteiger partial charge on any atom is 0.161 e. The van der Waals surface area contributed by atoms with Crippen LogP contribution in [-0.2, 0) is 4.74 Å². The fourth-order valence-electron chi connectivity index (χ4n) is 3.87. The molecule has 0 N–H and O–H groups in total. The zero-order valence-electron chi connectivity index (χ0n) is 15.0. The van der Waals surface area contributed by atoms with Crippen LogP contribution in [0, 0.1) is 12.8 Å². The summed E-state index contributed by atoms with van der Waals surface area (Å²) in [4.78, 5) is 0. The van der Waals surface area contributed by atoms with Gasteiger partial charge in [-0.15, -0.1) is 0 Å². The van der Waals surface area contributed by atoms with Crippen molar-refractivity contribution in [2.24, 2.45) is 5.92 Å². The Balaban J connectivity index is 1.60. The molecule has 3 heteroatoms. The van der Waals surface area contributed by atoms with Gasteiger partial charge < -0.3 is 14.2 Å². The Morgan fingerprint density at radius 2 is 1.71 bits per heavy atom. The van der Waals surface area contributed by atoms with Crippen LogP contribution in [0.25, 0.3) is 0 Å². The Labute approximate surface area is 146 Å². The average molecular weight is 331 g/mol. The topological polar surface area (TPSA) is 27.7 Å². The number of benzene rings is 1. The number of hydrogen-bond donors (Lipinski definition) is 0. The zero-order valence-corrected chi connectivity index (χ0v) is 15.0. The van der Waals surface area contributed by atoms with Gasteiger partial charge in [0.25, 0.3) is 0 Å². The van der Waals surface area contributed by atoms with E-state index in [0.29, 0.717) is 12.0 Å². The molecule has 0 aliphatic heterocycles. The summed E-state index contributed by atoms with van der Waals surface area (Å²) in [5.74, 6) is 2.33. The van der Waals surface area contributed by atoms with Gasteiger partial charge in [-0.2, -0.15) is 0 Å². The Morgan fingerprint density at radius 1 is 1.00 bits per heavy atom. The fourth-order valence-corrected chi connectivity index (χ4v) is 3.87. The highest BCUT2D eigenvalue weighted by Crippen LogP contribution is 2.35. The van der Waals surface area contributed by atoms with Gasteiger partial charge in [0.1, 0.15) is 0 Å². The minimum absolute atomic E-state index is 0.149. The van der Waals surface area contributed by atoms with Crippen molar-refractivity contribution in [1.29, 1.82) is 0 Å². The lowest BCUT2D eigenvalue weighted by Crippen LogP contribution is -2.15. The Morgan fingerprint density at radius 3 is 2.42 bits per heavy atom. The second kappa shape index (κ2) is 8.75. The highest BCUT2D eigenvalue weighted by molar-refractivity contribution is 5.44. The summed E-state index contributed by atoms with van der Waals surface area (Å²) < 4.78 is 17.7. The lowest BCUT2D eigenvalue weighted by atomic mass is 9.90. The van der Waals surface area contributed by atoms with Crippen LogP contribution in [0.1, 0.15) is 69.5 Å². The van der Waals surface area contributed by atoms with Crippen molar-refractivity contribution >= 4 is 0 Å². The molecule has 0 bridgehead atoms. The molecule has 0 saturated heterocycles. The molecule has 24 heavy (non-hydrogen) atoms. The Bertz CT molecular complexity index is 502. The van der Waals surface area contributed by atoms with Crippen molar-refractivity contribution in [1.82, 2.24) is 0 Å².